The van der Waals surface area contributed by atoms with Crippen molar-refractivity contribution >= 4 is 17.2 Å². The Morgan fingerprint density at radius 1 is 1.22 bits per heavy atom. The molecule has 118 valence electrons. The average molecular weight is 327 g/mol. The quantitative estimate of drug-likeness (QED) is 0.718. The largest absolute Gasteiger partial charge is 0.369 e. The molecular formula is C16H17N5OS. The average Bonchev–Trinajstić information content (AvgIpc) is 3.18. The zero-order chi connectivity index (χ0) is 16.1. The summed E-state index contributed by atoms with van der Waals surface area (Å²) in [4.78, 5) is 21.0. The van der Waals surface area contributed by atoms with E-state index >= 15 is 0 Å². The molecule has 0 aliphatic carbocycles. The Morgan fingerprint density at radius 3 is 2.74 bits per heavy atom. The fourth-order valence-corrected chi connectivity index (χ4v) is 3.10. The number of hydrogen-bond acceptors (Lipinski definition) is 5. The number of nitrogens with zero attached hydrogens (tertiary/aromatic N) is 4. The number of primary amides is 1. The molecule has 0 saturated heterocycles. The normalized spacial score (nSPS) is 10.8. The molecule has 6 nitrogen and oxygen atoms in total. The Balaban J connectivity index is 1.78. The molecule has 0 saturated carbocycles. The van der Waals surface area contributed by atoms with E-state index in [1.165, 1.54) is 4.88 Å². The highest BCUT2D eigenvalue weighted by Gasteiger charge is 2.13. The number of hydrogen-bond donors (Lipinski definition) is 1. The van der Waals surface area contributed by atoms with Crippen molar-refractivity contribution < 1.29 is 4.79 Å². The highest BCUT2D eigenvalue weighted by atomic mass is 32.1. The molecule has 3 aromatic rings. The van der Waals surface area contributed by atoms with Gasteiger partial charge in [-0.15, -0.1) is 11.3 Å². The summed E-state index contributed by atoms with van der Waals surface area (Å²) in [5, 5.41) is 6.50. The van der Waals surface area contributed by atoms with Gasteiger partial charge in [0.15, 0.2) is 5.82 Å². The van der Waals surface area contributed by atoms with E-state index in [9.17, 15) is 4.79 Å². The zero-order valence-electron chi connectivity index (χ0n) is 12.6. The Morgan fingerprint density at radius 2 is 2.04 bits per heavy atom. The van der Waals surface area contributed by atoms with Crippen LogP contribution in [-0.4, -0.2) is 25.7 Å². The summed E-state index contributed by atoms with van der Waals surface area (Å²) in [5.74, 6) is 0.867. The van der Waals surface area contributed by atoms with Crippen molar-refractivity contribution in [1.82, 2.24) is 19.7 Å². The Hall–Kier alpha value is -2.54. The van der Waals surface area contributed by atoms with E-state index in [2.05, 4.69) is 32.6 Å². The van der Waals surface area contributed by atoms with Crippen molar-refractivity contribution in [3.8, 4) is 5.69 Å². The molecule has 0 aliphatic rings. The van der Waals surface area contributed by atoms with Crippen molar-refractivity contribution in [3.05, 3.63) is 58.6 Å². The first kappa shape index (κ1) is 15.4. The molecule has 0 radical (unpaired) electrons. The summed E-state index contributed by atoms with van der Waals surface area (Å²) < 4.78 is 1.77. The van der Waals surface area contributed by atoms with Crippen molar-refractivity contribution in [3.63, 3.8) is 0 Å². The van der Waals surface area contributed by atoms with Crippen LogP contribution in [0.5, 0.6) is 0 Å². The van der Waals surface area contributed by atoms with Crippen LogP contribution in [0.25, 0.3) is 5.69 Å². The van der Waals surface area contributed by atoms with Gasteiger partial charge in [-0.25, -0.2) is 9.67 Å². The predicted octanol–water partition coefficient (Wildman–Crippen LogP) is 1.93. The first-order chi connectivity index (χ1) is 11.2. The highest BCUT2D eigenvalue weighted by Crippen LogP contribution is 2.15. The first-order valence-electron chi connectivity index (χ1n) is 7.38. The van der Waals surface area contributed by atoms with Gasteiger partial charge in [0, 0.05) is 23.7 Å². The summed E-state index contributed by atoms with van der Waals surface area (Å²) in [7, 11) is 0. The van der Waals surface area contributed by atoms with E-state index in [-0.39, 0.29) is 6.42 Å². The van der Waals surface area contributed by atoms with E-state index in [1.54, 1.807) is 28.4 Å². The van der Waals surface area contributed by atoms with Gasteiger partial charge in [-0.1, -0.05) is 6.07 Å². The molecule has 0 fully saturated rings. The number of carbonyl (C=O) groups is 1. The molecule has 0 aromatic carbocycles. The van der Waals surface area contributed by atoms with Crippen LogP contribution in [0, 0.1) is 0 Å². The molecule has 23 heavy (non-hydrogen) atoms. The third-order valence-electron chi connectivity index (χ3n) is 3.36. The topological polar surface area (TPSA) is 86.7 Å². The molecule has 0 bridgehead atoms. The minimum absolute atomic E-state index is 0.0516. The minimum Gasteiger partial charge on any atom is -0.369 e. The molecule has 0 aliphatic heterocycles. The summed E-state index contributed by atoms with van der Waals surface area (Å²) in [5.41, 5.74) is 6.13. The van der Waals surface area contributed by atoms with E-state index < -0.39 is 5.91 Å². The van der Waals surface area contributed by atoms with Crippen molar-refractivity contribution in [2.75, 3.05) is 0 Å². The van der Waals surface area contributed by atoms with Gasteiger partial charge in [-0.3, -0.25) is 9.78 Å². The van der Waals surface area contributed by atoms with Crippen LogP contribution in [0.1, 0.15) is 22.9 Å². The van der Waals surface area contributed by atoms with Crippen LogP contribution in [0.4, 0.5) is 0 Å². The minimum atomic E-state index is -0.429. The van der Waals surface area contributed by atoms with E-state index in [4.69, 9.17) is 5.73 Å². The summed E-state index contributed by atoms with van der Waals surface area (Å²) in [6.07, 6.45) is 6.23. The monoisotopic (exact) mass is 327 g/mol. The van der Waals surface area contributed by atoms with Gasteiger partial charge in [-0.2, -0.15) is 5.10 Å². The van der Waals surface area contributed by atoms with Crippen LogP contribution in [-0.2, 0) is 24.1 Å². The van der Waals surface area contributed by atoms with Crippen molar-refractivity contribution in [1.29, 1.82) is 0 Å². The number of amides is 1. The van der Waals surface area contributed by atoms with Crippen LogP contribution < -0.4 is 5.73 Å². The highest BCUT2D eigenvalue weighted by molar-refractivity contribution is 7.09. The van der Waals surface area contributed by atoms with Gasteiger partial charge in [0.2, 0.25) is 5.91 Å². The molecule has 2 N–H and O–H groups in total. The summed E-state index contributed by atoms with van der Waals surface area (Å²) in [6.45, 7) is 0. The van der Waals surface area contributed by atoms with Gasteiger partial charge in [-0.05, 0) is 36.4 Å². The number of thiophene rings is 1. The van der Waals surface area contributed by atoms with Gasteiger partial charge in [0.1, 0.15) is 5.82 Å². The lowest BCUT2D eigenvalue weighted by Crippen LogP contribution is -2.14. The van der Waals surface area contributed by atoms with Gasteiger partial charge in [0.25, 0.3) is 0 Å². The molecule has 7 heteroatoms. The Labute approximate surface area is 138 Å². The van der Waals surface area contributed by atoms with Crippen molar-refractivity contribution in [2.45, 2.75) is 25.7 Å². The Bertz CT molecular complexity index is 767. The lowest BCUT2D eigenvalue weighted by atomic mass is 10.2. The third-order valence-corrected chi connectivity index (χ3v) is 4.30. The number of aromatic nitrogens is 4. The third kappa shape index (κ3) is 4.01. The molecule has 3 heterocycles. The second-order valence-corrected chi connectivity index (χ2v) is 6.17. The smallest absolute Gasteiger partial charge is 0.225 e. The number of nitrogens with two attached hydrogens (primary N) is 1. The maximum Gasteiger partial charge on any atom is 0.225 e. The molecule has 0 atom stereocenters. The SMILES string of the molecule is NC(=O)Cc1nc(CCCc2cccs2)n(-c2ccncc2)n1. The first-order valence-corrected chi connectivity index (χ1v) is 8.26. The maximum atomic E-state index is 11.1. The predicted molar refractivity (Wildman–Crippen MR) is 88.4 cm³/mol. The number of aryl methyl sites for hydroxylation is 2. The van der Waals surface area contributed by atoms with Gasteiger partial charge in [0.05, 0.1) is 12.1 Å². The van der Waals surface area contributed by atoms with Crippen LogP contribution in [0.2, 0.25) is 0 Å². The molecule has 3 aromatic heterocycles. The van der Waals surface area contributed by atoms with E-state index in [0.29, 0.717) is 5.82 Å². The number of pyridine rings is 1. The second kappa shape index (κ2) is 7.15. The van der Waals surface area contributed by atoms with Crippen LogP contribution >= 0.6 is 11.3 Å². The van der Waals surface area contributed by atoms with Crippen molar-refractivity contribution in [2.24, 2.45) is 5.73 Å². The summed E-state index contributed by atoms with van der Waals surface area (Å²) in [6, 6.07) is 7.93. The standard InChI is InChI=1S/C16H17N5OS/c17-14(22)11-15-19-16(5-1-3-13-4-2-10-23-13)21(20-15)12-6-8-18-9-7-12/h2,4,6-10H,1,3,5,11H2,(H2,17,22). The maximum absolute atomic E-state index is 11.1. The molecular weight excluding hydrogens is 310 g/mol. The van der Waals surface area contributed by atoms with Crippen LogP contribution in [0.15, 0.2) is 42.0 Å². The summed E-state index contributed by atoms with van der Waals surface area (Å²) >= 11 is 1.76. The zero-order valence-corrected chi connectivity index (χ0v) is 13.4. The molecule has 1 amide bonds. The van der Waals surface area contributed by atoms with Crippen LogP contribution in [0.3, 0.4) is 0 Å². The van der Waals surface area contributed by atoms with Gasteiger partial charge >= 0.3 is 0 Å². The van der Waals surface area contributed by atoms with E-state index in [1.807, 2.05) is 12.1 Å². The second-order valence-electron chi connectivity index (χ2n) is 5.14. The molecule has 3 rings (SSSR count). The lowest BCUT2D eigenvalue weighted by Gasteiger charge is -2.05. The Kier molecular flexibility index (Phi) is 4.77. The molecule has 0 spiro atoms. The van der Waals surface area contributed by atoms with Gasteiger partial charge < -0.3 is 5.73 Å². The van der Waals surface area contributed by atoms with E-state index in [0.717, 1.165) is 30.8 Å². The number of rotatable bonds is 7. The molecule has 0 unspecified atom stereocenters. The lowest BCUT2D eigenvalue weighted by molar-refractivity contribution is -0.117. The number of carbonyl (C=O) groups excluding carboxylic acids is 1. The fraction of sp³-hybridized carbons (Fsp3) is 0.250. The fourth-order valence-electron chi connectivity index (χ4n) is 2.35.